The van der Waals surface area contributed by atoms with Crippen LogP contribution in [0.3, 0.4) is 0 Å². The van der Waals surface area contributed by atoms with E-state index in [0.717, 1.165) is 25.7 Å². The number of ether oxygens (including phenoxy) is 1. The lowest BCUT2D eigenvalue weighted by Gasteiger charge is -2.32. The lowest BCUT2D eigenvalue weighted by Crippen LogP contribution is -2.34. The summed E-state index contributed by atoms with van der Waals surface area (Å²) < 4.78 is 6.51. The fourth-order valence-corrected chi connectivity index (χ4v) is 16.9. The molecule has 0 unspecified atom stereocenters. The predicted octanol–water partition coefficient (Wildman–Crippen LogP) is 37.1. The number of hydrogen-bond donors (Lipinski definition) is 0. The molecular formula is C98H196O2. The number of unbranched alkanes of at least 4 members (excludes halogenated alkanes) is 84. The molecule has 0 aromatic heterocycles. The third-order valence-electron chi connectivity index (χ3n) is 24.2. The van der Waals surface area contributed by atoms with Gasteiger partial charge in [-0.3, -0.25) is 4.79 Å². The summed E-state index contributed by atoms with van der Waals surface area (Å²) in [4.78, 5) is 14.8. The van der Waals surface area contributed by atoms with Crippen molar-refractivity contribution in [1.29, 1.82) is 0 Å². The van der Waals surface area contributed by atoms with Gasteiger partial charge < -0.3 is 4.74 Å². The van der Waals surface area contributed by atoms with Gasteiger partial charge in [0.05, 0.1) is 12.0 Å². The molecule has 0 saturated heterocycles. The van der Waals surface area contributed by atoms with Crippen molar-refractivity contribution in [3.8, 4) is 0 Å². The second-order valence-electron chi connectivity index (χ2n) is 34.4. The SMILES string of the molecule is CCCCCCCCCCCCCCCCCCCCCCCCOC(=O)C(CCCCCCCCCCCCCCCCCCCCCCCC)(CCCCCCCCCCCCCCCCCCCCCCCC)CCCCCCCCCCCCCCCCCCCCCCCC. The highest BCUT2D eigenvalue weighted by Gasteiger charge is 2.38. The Kier molecular flexibility index (Phi) is 90.4. The van der Waals surface area contributed by atoms with Crippen molar-refractivity contribution in [1.82, 2.24) is 0 Å². The molecule has 0 spiro atoms. The van der Waals surface area contributed by atoms with E-state index >= 15 is 0 Å². The molecule has 0 N–H and O–H groups in total. The van der Waals surface area contributed by atoms with Gasteiger partial charge in [-0.05, 0) is 25.7 Å². The van der Waals surface area contributed by atoms with Gasteiger partial charge in [-0.25, -0.2) is 0 Å². The van der Waals surface area contributed by atoms with Crippen LogP contribution in [0, 0.1) is 5.41 Å². The highest BCUT2D eigenvalue weighted by molar-refractivity contribution is 5.76. The molecule has 0 heterocycles. The van der Waals surface area contributed by atoms with Crippen molar-refractivity contribution in [2.75, 3.05) is 6.61 Å². The third kappa shape index (κ3) is 81.5. The van der Waals surface area contributed by atoms with Crippen molar-refractivity contribution >= 4 is 5.97 Å². The van der Waals surface area contributed by atoms with E-state index in [1.807, 2.05) is 0 Å². The quantitative estimate of drug-likeness (QED) is 0.0448. The Labute approximate surface area is 635 Å². The first-order chi connectivity index (χ1) is 49.7. The van der Waals surface area contributed by atoms with Crippen molar-refractivity contribution in [3.05, 3.63) is 0 Å². The predicted molar refractivity (Wildman–Crippen MR) is 456 cm³/mol. The summed E-state index contributed by atoms with van der Waals surface area (Å²) in [6, 6.07) is 0. The van der Waals surface area contributed by atoms with E-state index < -0.39 is 0 Å². The van der Waals surface area contributed by atoms with Gasteiger partial charge in [0.2, 0.25) is 0 Å². The first-order valence-corrected chi connectivity index (χ1v) is 48.8. The first-order valence-electron chi connectivity index (χ1n) is 48.8. The van der Waals surface area contributed by atoms with Crippen LogP contribution in [-0.2, 0) is 9.53 Å². The Morgan fingerprint density at radius 1 is 0.150 bits per heavy atom. The maximum absolute atomic E-state index is 14.8. The van der Waals surface area contributed by atoms with Gasteiger partial charge in [0, 0.05) is 0 Å². The Balaban J connectivity index is 5.10. The van der Waals surface area contributed by atoms with Crippen LogP contribution in [0.4, 0.5) is 0 Å². The molecule has 0 atom stereocenters. The first kappa shape index (κ1) is 99.5. The van der Waals surface area contributed by atoms with Crippen molar-refractivity contribution in [2.24, 2.45) is 5.41 Å². The number of rotatable bonds is 93. The van der Waals surface area contributed by atoms with Gasteiger partial charge in [-0.2, -0.15) is 0 Å². The Hall–Kier alpha value is -0.530. The lowest BCUT2D eigenvalue weighted by molar-refractivity contribution is -0.158. The lowest BCUT2D eigenvalue weighted by atomic mass is 9.74. The van der Waals surface area contributed by atoms with Crippen LogP contribution in [0.1, 0.15) is 612 Å². The minimum Gasteiger partial charge on any atom is -0.465 e. The fraction of sp³-hybridized carbons (Fsp3) is 0.990. The minimum absolute atomic E-state index is 0.214. The van der Waals surface area contributed by atoms with Gasteiger partial charge in [0.1, 0.15) is 0 Å². The Morgan fingerprint density at radius 2 is 0.250 bits per heavy atom. The Morgan fingerprint density at radius 3 is 0.370 bits per heavy atom. The maximum atomic E-state index is 14.8. The second kappa shape index (κ2) is 90.9. The molecule has 0 fully saturated rings. The van der Waals surface area contributed by atoms with Crippen LogP contribution < -0.4 is 0 Å². The van der Waals surface area contributed by atoms with E-state index in [4.69, 9.17) is 4.74 Å². The van der Waals surface area contributed by atoms with Gasteiger partial charge in [-0.1, -0.05) is 586 Å². The van der Waals surface area contributed by atoms with E-state index in [-0.39, 0.29) is 11.4 Å². The number of esters is 1. The largest absolute Gasteiger partial charge is 0.465 e. The van der Waals surface area contributed by atoms with Crippen LogP contribution in [0.5, 0.6) is 0 Å². The second-order valence-corrected chi connectivity index (χ2v) is 34.4. The number of carbonyl (C=O) groups is 1. The summed E-state index contributed by atoms with van der Waals surface area (Å²) >= 11 is 0. The summed E-state index contributed by atoms with van der Waals surface area (Å²) in [5.74, 6) is 0.214. The Bertz CT molecular complexity index is 1300. The molecule has 0 amide bonds. The summed E-state index contributed by atoms with van der Waals surface area (Å²) in [6.45, 7) is 9.93. The molecule has 0 aliphatic rings. The standard InChI is InChI=1S/C98H196O2/c1-5-9-13-17-21-25-29-33-37-41-45-49-53-57-61-65-69-73-77-81-85-89-93-98(94-90-86-82-78-74-70-66-62-58-54-50-46-42-38-34-30-26-22-18-14-10-6-2,95-91-87-83-79-75-71-67-63-59-55-51-47-43-39-35-31-27-23-19-15-11-7-3)97(99)100-96-92-88-84-80-76-72-68-64-60-56-52-48-44-40-36-32-28-24-20-16-12-8-4/h5-96H2,1-4H3. The molecule has 100 heavy (non-hydrogen) atoms. The molecule has 0 saturated carbocycles. The molecule has 2 heteroatoms. The van der Waals surface area contributed by atoms with Crippen LogP contribution in [0.2, 0.25) is 0 Å². The molecule has 0 aliphatic heterocycles. The third-order valence-corrected chi connectivity index (χ3v) is 24.2. The normalized spacial score (nSPS) is 11.9. The van der Waals surface area contributed by atoms with Crippen molar-refractivity contribution in [2.45, 2.75) is 612 Å². The van der Waals surface area contributed by atoms with Crippen LogP contribution >= 0.6 is 0 Å². The number of hydrogen-bond acceptors (Lipinski definition) is 2. The average molecular weight is 1410 g/mol. The monoisotopic (exact) mass is 1410 g/mol. The van der Waals surface area contributed by atoms with Gasteiger partial charge in [0.15, 0.2) is 0 Å². The zero-order valence-corrected chi connectivity index (χ0v) is 70.9. The summed E-state index contributed by atoms with van der Waals surface area (Å²) in [6.07, 6.45) is 128. The van der Waals surface area contributed by atoms with E-state index in [2.05, 4.69) is 27.7 Å². The van der Waals surface area contributed by atoms with Gasteiger partial charge in [-0.15, -0.1) is 0 Å². The minimum atomic E-state index is -0.262. The zero-order valence-electron chi connectivity index (χ0n) is 70.9. The fourth-order valence-electron chi connectivity index (χ4n) is 16.9. The summed E-state index contributed by atoms with van der Waals surface area (Å²) in [5.41, 5.74) is -0.262. The topological polar surface area (TPSA) is 26.3 Å². The number of carbonyl (C=O) groups excluding carboxylic acids is 1. The molecule has 0 bridgehead atoms. The van der Waals surface area contributed by atoms with Gasteiger partial charge >= 0.3 is 5.97 Å². The molecule has 600 valence electrons. The maximum Gasteiger partial charge on any atom is 0.312 e. The van der Waals surface area contributed by atoms with E-state index in [0.29, 0.717) is 6.61 Å². The molecule has 0 rings (SSSR count). The molecule has 0 aliphatic carbocycles. The molecule has 0 radical (unpaired) electrons. The average Bonchev–Trinajstić information content (AvgIpc) is 0.843. The summed E-state index contributed by atoms with van der Waals surface area (Å²) in [7, 11) is 0. The molecular weight excluding hydrogens is 1210 g/mol. The molecule has 0 aromatic rings. The smallest absolute Gasteiger partial charge is 0.312 e. The van der Waals surface area contributed by atoms with E-state index in [1.54, 1.807) is 0 Å². The van der Waals surface area contributed by atoms with Crippen LogP contribution in [0.15, 0.2) is 0 Å². The molecule has 2 nitrogen and oxygen atoms in total. The molecule has 0 aromatic carbocycles. The van der Waals surface area contributed by atoms with Gasteiger partial charge in [0.25, 0.3) is 0 Å². The van der Waals surface area contributed by atoms with Crippen molar-refractivity contribution < 1.29 is 9.53 Å². The zero-order chi connectivity index (χ0) is 71.8. The van der Waals surface area contributed by atoms with Crippen LogP contribution in [-0.4, -0.2) is 12.6 Å². The summed E-state index contributed by atoms with van der Waals surface area (Å²) in [5, 5.41) is 0. The highest BCUT2D eigenvalue weighted by atomic mass is 16.5. The van der Waals surface area contributed by atoms with Crippen LogP contribution in [0.25, 0.3) is 0 Å². The highest BCUT2D eigenvalue weighted by Crippen LogP contribution is 2.40. The van der Waals surface area contributed by atoms with E-state index in [1.165, 1.54) is 559 Å². The van der Waals surface area contributed by atoms with Crippen molar-refractivity contribution in [3.63, 3.8) is 0 Å². The van der Waals surface area contributed by atoms with E-state index in [9.17, 15) is 4.79 Å².